The normalized spacial score (nSPS) is 16.8. The molecule has 1 N–H and O–H groups in total. The number of hydrogen-bond acceptors (Lipinski definition) is 4. The standard InChI is InChI=1S/C16H28F3N3O3/c1-3-20-15(21-8-5-11-24-12-16(17,18)19)22-9-6-13(7-10-22)14(23)25-4-2/h13H,3-12H2,1-2H3,(H,20,21). The van der Waals surface area contributed by atoms with Crippen molar-refractivity contribution in [3.8, 4) is 0 Å². The molecule has 1 aliphatic rings. The zero-order chi connectivity index (χ0) is 18.7. The fourth-order valence-corrected chi connectivity index (χ4v) is 2.55. The molecule has 1 fully saturated rings. The molecule has 0 aliphatic carbocycles. The van der Waals surface area contributed by atoms with Crippen LogP contribution >= 0.6 is 0 Å². The highest BCUT2D eigenvalue weighted by atomic mass is 19.4. The average molecular weight is 367 g/mol. The van der Waals surface area contributed by atoms with Crippen LogP contribution in [0.25, 0.3) is 0 Å². The molecule has 0 aromatic carbocycles. The summed E-state index contributed by atoms with van der Waals surface area (Å²) in [5, 5.41) is 3.18. The van der Waals surface area contributed by atoms with Gasteiger partial charge in [-0.2, -0.15) is 13.2 Å². The first kappa shape index (κ1) is 21.5. The number of piperidine rings is 1. The van der Waals surface area contributed by atoms with Gasteiger partial charge in [-0.3, -0.25) is 9.79 Å². The molecule has 0 unspecified atom stereocenters. The van der Waals surface area contributed by atoms with Crippen molar-refractivity contribution in [2.45, 2.75) is 39.3 Å². The van der Waals surface area contributed by atoms with Crippen LogP contribution in [-0.4, -0.2) is 69.0 Å². The summed E-state index contributed by atoms with van der Waals surface area (Å²) in [4.78, 5) is 18.3. The summed E-state index contributed by atoms with van der Waals surface area (Å²) in [6.07, 6.45) is -2.46. The van der Waals surface area contributed by atoms with Crippen molar-refractivity contribution in [1.29, 1.82) is 0 Å². The minimum atomic E-state index is -4.29. The van der Waals surface area contributed by atoms with E-state index in [-0.39, 0.29) is 18.5 Å². The first-order valence-corrected chi connectivity index (χ1v) is 8.71. The number of halogens is 3. The van der Waals surface area contributed by atoms with Crippen molar-refractivity contribution in [2.75, 3.05) is 46.0 Å². The topological polar surface area (TPSA) is 63.2 Å². The van der Waals surface area contributed by atoms with E-state index in [9.17, 15) is 18.0 Å². The number of nitrogens with zero attached hydrogens (tertiary/aromatic N) is 2. The van der Waals surface area contributed by atoms with Crippen molar-refractivity contribution < 1.29 is 27.4 Å². The maximum Gasteiger partial charge on any atom is 0.411 e. The molecule has 0 bridgehead atoms. The first-order valence-electron chi connectivity index (χ1n) is 8.71. The van der Waals surface area contributed by atoms with Crippen LogP contribution in [0.3, 0.4) is 0 Å². The molecule has 0 saturated carbocycles. The number of guanidine groups is 1. The third-order valence-electron chi connectivity index (χ3n) is 3.72. The maximum absolute atomic E-state index is 12.0. The third kappa shape index (κ3) is 8.94. The van der Waals surface area contributed by atoms with Crippen molar-refractivity contribution in [1.82, 2.24) is 10.2 Å². The number of rotatable bonds is 8. The Labute approximate surface area is 146 Å². The Bertz CT molecular complexity index is 423. The van der Waals surface area contributed by atoms with E-state index in [4.69, 9.17) is 4.74 Å². The molecule has 9 heteroatoms. The van der Waals surface area contributed by atoms with Crippen LogP contribution in [0, 0.1) is 5.92 Å². The molecule has 6 nitrogen and oxygen atoms in total. The van der Waals surface area contributed by atoms with Gasteiger partial charge in [0.15, 0.2) is 5.96 Å². The summed E-state index contributed by atoms with van der Waals surface area (Å²) in [7, 11) is 0. The van der Waals surface area contributed by atoms with Crippen LogP contribution in [-0.2, 0) is 14.3 Å². The molecule has 0 aromatic heterocycles. The third-order valence-corrected chi connectivity index (χ3v) is 3.72. The smallest absolute Gasteiger partial charge is 0.411 e. The van der Waals surface area contributed by atoms with Crippen LogP contribution in [0.4, 0.5) is 13.2 Å². The number of hydrogen-bond donors (Lipinski definition) is 1. The highest BCUT2D eigenvalue weighted by molar-refractivity contribution is 5.80. The summed E-state index contributed by atoms with van der Waals surface area (Å²) < 4.78 is 45.5. The Morgan fingerprint density at radius 3 is 2.52 bits per heavy atom. The summed E-state index contributed by atoms with van der Waals surface area (Å²) in [5.74, 6) is 0.501. The van der Waals surface area contributed by atoms with Crippen LogP contribution < -0.4 is 5.32 Å². The average Bonchev–Trinajstić information content (AvgIpc) is 2.56. The quantitative estimate of drug-likeness (QED) is 0.308. The molecule has 1 aliphatic heterocycles. The lowest BCUT2D eigenvalue weighted by atomic mass is 9.97. The molecular formula is C16H28F3N3O3. The molecule has 0 atom stereocenters. The fraction of sp³-hybridized carbons (Fsp3) is 0.875. The Morgan fingerprint density at radius 2 is 1.96 bits per heavy atom. The SMILES string of the molecule is CCNC(=NCCCOCC(F)(F)F)N1CCC(C(=O)OCC)CC1. The Hall–Kier alpha value is -1.51. The van der Waals surface area contributed by atoms with E-state index in [1.165, 1.54) is 0 Å². The Balaban J connectivity index is 2.37. The molecule has 1 saturated heterocycles. The fourth-order valence-electron chi connectivity index (χ4n) is 2.55. The molecule has 1 heterocycles. The van der Waals surface area contributed by atoms with Gasteiger partial charge in [-0.05, 0) is 33.1 Å². The zero-order valence-corrected chi connectivity index (χ0v) is 14.9. The molecule has 146 valence electrons. The van der Waals surface area contributed by atoms with Crippen LogP contribution in [0.15, 0.2) is 4.99 Å². The van der Waals surface area contributed by atoms with Gasteiger partial charge >= 0.3 is 12.1 Å². The second-order valence-corrected chi connectivity index (χ2v) is 5.77. The lowest BCUT2D eigenvalue weighted by molar-refractivity contribution is -0.173. The van der Waals surface area contributed by atoms with Gasteiger partial charge in [0, 0.05) is 32.8 Å². The van der Waals surface area contributed by atoms with Gasteiger partial charge < -0.3 is 19.7 Å². The lowest BCUT2D eigenvalue weighted by Crippen LogP contribution is -2.46. The molecular weight excluding hydrogens is 339 g/mol. The number of nitrogens with one attached hydrogen (secondary N) is 1. The number of esters is 1. The van der Waals surface area contributed by atoms with Crippen molar-refractivity contribution >= 4 is 11.9 Å². The predicted molar refractivity (Wildman–Crippen MR) is 88.4 cm³/mol. The van der Waals surface area contributed by atoms with E-state index in [1.807, 2.05) is 6.92 Å². The summed E-state index contributed by atoms with van der Waals surface area (Å²) in [6.45, 7) is 5.40. The first-order chi connectivity index (χ1) is 11.9. The highest BCUT2D eigenvalue weighted by Crippen LogP contribution is 2.19. The summed E-state index contributed by atoms with van der Waals surface area (Å²) >= 11 is 0. The minimum absolute atomic E-state index is 0.0212. The number of likely N-dealkylation sites (tertiary alicyclic amines) is 1. The number of alkyl halides is 3. The second-order valence-electron chi connectivity index (χ2n) is 5.77. The van der Waals surface area contributed by atoms with E-state index in [0.717, 1.165) is 5.96 Å². The number of aliphatic imine (C=N–C) groups is 1. The molecule has 0 spiro atoms. The van der Waals surface area contributed by atoms with Crippen LogP contribution in [0.2, 0.25) is 0 Å². The van der Waals surface area contributed by atoms with Crippen molar-refractivity contribution in [3.63, 3.8) is 0 Å². The van der Waals surface area contributed by atoms with E-state index >= 15 is 0 Å². The highest BCUT2D eigenvalue weighted by Gasteiger charge is 2.28. The number of carbonyl (C=O) groups excluding carboxylic acids is 1. The van der Waals surface area contributed by atoms with Gasteiger partial charge in [0.25, 0.3) is 0 Å². The largest absolute Gasteiger partial charge is 0.466 e. The molecule has 0 radical (unpaired) electrons. The number of ether oxygens (including phenoxy) is 2. The van der Waals surface area contributed by atoms with Gasteiger partial charge in [-0.15, -0.1) is 0 Å². The lowest BCUT2D eigenvalue weighted by Gasteiger charge is -2.33. The van der Waals surface area contributed by atoms with Crippen molar-refractivity contribution in [2.24, 2.45) is 10.9 Å². The van der Waals surface area contributed by atoms with Gasteiger partial charge in [0.1, 0.15) is 6.61 Å². The van der Waals surface area contributed by atoms with Gasteiger partial charge in [-0.1, -0.05) is 0 Å². The van der Waals surface area contributed by atoms with E-state index in [1.54, 1.807) is 6.92 Å². The molecule has 25 heavy (non-hydrogen) atoms. The Kier molecular flexibility index (Phi) is 9.62. The van der Waals surface area contributed by atoms with E-state index in [0.29, 0.717) is 52.0 Å². The summed E-state index contributed by atoms with van der Waals surface area (Å²) in [6, 6.07) is 0. The zero-order valence-electron chi connectivity index (χ0n) is 14.9. The van der Waals surface area contributed by atoms with Gasteiger partial charge in [0.05, 0.1) is 12.5 Å². The predicted octanol–water partition coefficient (Wildman–Crippen LogP) is 2.20. The number of carbonyl (C=O) groups is 1. The molecule has 0 amide bonds. The van der Waals surface area contributed by atoms with Crippen LogP contribution in [0.1, 0.15) is 33.1 Å². The maximum atomic E-state index is 12.0. The minimum Gasteiger partial charge on any atom is -0.466 e. The second kappa shape index (κ2) is 11.2. The monoisotopic (exact) mass is 367 g/mol. The molecule has 1 rings (SSSR count). The van der Waals surface area contributed by atoms with Crippen molar-refractivity contribution in [3.05, 3.63) is 0 Å². The van der Waals surface area contributed by atoms with E-state index < -0.39 is 12.8 Å². The Morgan fingerprint density at radius 1 is 1.28 bits per heavy atom. The molecule has 0 aromatic rings. The summed E-state index contributed by atoms with van der Waals surface area (Å²) in [5.41, 5.74) is 0. The van der Waals surface area contributed by atoms with Crippen LogP contribution in [0.5, 0.6) is 0 Å². The van der Waals surface area contributed by atoms with Gasteiger partial charge in [0.2, 0.25) is 0 Å². The van der Waals surface area contributed by atoms with Gasteiger partial charge in [-0.25, -0.2) is 0 Å². The van der Waals surface area contributed by atoms with E-state index in [2.05, 4.69) is 19.9 Å².